The second-order valence-corrected chi connectivity index (χ2v) is 3.59. The summed E-state index contributed by atoms with van der Waals surface area (Å²) in [5.74, 6) is -2.43. The first-order chi connectivity index (χ1) is 7.20. The van der Waals surface area contributed by atoms with Crippen molar-refractivity contribution in [3.8, 4) is 6.07 Å². The monoisotopic (exact) mass is 237 g/mol. The fourth-order valence-corrected chi connectivity index (χ4v) is 1.00. The number of nitriles is 1. The molecule has 1 N–H and O–H groups in total. The number of nitrogens with one attached hydrogen (secondary N) is 1. The Balaban J connectivity index is 4.25. The Morgan fingerprint density at radius 2 is 2.00 bits per heavy atom. The maximum atomic E-state index is 12.2. The second-order valence-electron chi connectivity index (χ2n) is 3.59. The molecule has 0 heterocycles. The van der Waals surface area contributed by atoms with E-state index in [1.54, 1.807) is 0 Å². The van der Waals surface area contributed by atoms with Gasteiger partial charge in [-0.05, 0) is 6.92 Å². The highest BCUT2D eigenvalue weighted by Gasteiger charge is 2.40. The van der Waals surface area contributed by atoms with Crippen molar-refractivity contribution >= 4 is 5.91 Å². The lowest BCUT2D eigenvalue weighted by Crippen LogP contribution is -2.45. The fraction of sp³-hybridized carbons (Fsp3) is 0.778. The number of hydrogen-bond donors (Lipinski definition) is 1. The summed E-state index contributed by atoms with van der Waals surface area (Å²) in [7, 11) is 3.01. The lowest BCUT2D eigenvalue weighted by atomic mass is 10.1. The predicted molar refractivity (Wildman–Crippen MR) is 51.3 cm³/mol. The van der Waals surface area contributed by atoms with E-state index in [-0.39, 0.29) is 5.91 Å². The molecule has 0 fully saturated rings. The molecule has 0 saturated carbocycles. The molecule has 2 unspecified atom stereocenters. The molecule has 0 aliphatic rings. The second kappa shape index (κ2) is 5.70. The van der Waals surface area contributed by atoms with Crippen molar-refractivity contribution in [3.05, 3.63) is 0 Å². The Hall–Kier alpha value is -1.29. The summed E-state index contributed by atoms with van der Waals surface area (Å²) >= 11 is 0. The van der Waals surface area contributed by atoms with Crippen molar-refractivity contribution in [2.24, 2.45) is 5.92 Å². The molecule has 0 rings (SSSR count). The number of carbonyl (C=O) groups excluding carboxylic acids is 1. The van der Waals surface area contributed by atoms with Crippen LogP contribution in [0.2, 0.25) is 0 Å². The Morgan fingerprint density at radius 3 is 2.31 bits per heavy atom. The third-order valence-corrected chi connectivity index (χ3v) is 1.99. The van der Waals surface area contributed by atoms with Gasteiger partial charge in [0.25, 0.3) is 0 Å². The third kappa shape index (κ3) is 4.49. The van der Waals surface area contributed by atoms with Crippen molar-refractivity contribution < 1.29 is 18.0 Å². The van der Waals surface area contributed by atoms with Crippen LogP contribution in [0, 0.1) is 17.2 Å². The molecule has 2 atom stereocenters. The van der Waals surface area contributed by atoms with Crippen LogP contribution >= 0.6 is 0 Å². The summed E-state index contributed by atoms with van der Waals surface area (Å²) in [5.41, 5.74) is 0. The number of amides is 1. The number of halogens is 3. The zero-order valence-corrected chi connectivity index (χ0v) is 9.30. The summed E-state index contributed by atoms with van der Waals surface area (Å²) in [6.45, 7) is 0.869. The molecule has 1 amide bonds. The minimum Gasteiger partial charge on any atom is -0.347 e. The van der Waals surface area contributed by atoms with Gasteiger partial charge in [0.15, 0.2) is 5.92 Å². The van der Waals surface area contributed by atoms with Gasteiger partial charge in [-0.15, -0.1) is 0 Å². The number of alkyl halides is 3. The van der Waals surface area contributed by atoms with Gasteiger partial charge in [-0.2, -0.15) is 18.4 Å². The van der Waals surface area contributed by atoms with E-state index in [9.17, 15) is 18.0 Å². The molecule has 0 aliphatic carbocycles. The molecule has 0 bridgehead atoms. The Morgan fingerprint density at radius 1 is 1.50 bits per heavy atom. The molecule has 7 heteroatoms. The molecular weight excluding hydrogens is 223 g/mol. The number of nitrogens with zero attached hydrogens (tertiary/aromatic N) is 2. The minimum absolute atomic E-state index is 0.334. The van der Waals surface area contributed by atoms with Gasteiger partial charge in [-0.1, -0.05) is 0 Å². The van der Waals surface area contributed by atoms with E-state index in [4.69, 9.17) is 5.26 Å². The highest BCUT2D eigenvalue weighted by molar-refractivity contribution is 5.80. The first-order valence-corrected chi connectivity index (χ1v) is 4.61. The molecule has 0 aromatic carbocycles. The van der Waals surface area contributed by atoms with Gasteiger partial charge >= 0.3 is 6.18 Å². The average molecular weight is 237 g/mol. The molecule has 0 saturated heterocycles. The van der Waals surface area contributed by atoms with Crippen LogP contribution in [0.3, 0.4) is 0 Å². The smallest absolute Gasteiger partial charge is 0.347 e. The highest BCUT2D eigenvalue weighted by Crippen LogP contribution is 2.24. The van der Waals surface area contributed by atoms with Crippen molar-refractivity contribution in [3.63, 3.8) is 0 Å². The van der Waals surface area contributed by atoms with E-state index in [0.717, 1.165) is 6.07 Å². The van der Waals surface area contributed by atoms with Crippen LogP contribution in [0.4, 0.5) is 13.2 Å². The number of hydrogen-bond acceptors (Lipinski definition) is 3. The lowest BCUT2D eigenvalue weighted by Gasteiger charge is -2.20. The van der Waals surface area contributed by atoms with Crippen LogP contribution in [0.25, 0.3) is 0 Å². The predicted octanol–water partition coefficient (Wildman–Crippen LogP) is 0.755. The van der Waals surface area contributed by atoms with Crippen molar-refractivity contribution in [1.82, 2.24) is 10.2 Å². The van der Waals surface area contributed by atoms with Crippen LogP contribution in [0.1, 0.15) is 6.92 Å². The van der Waals surface area contributed by atoms with E-state index in [1.165, 1.54) is 25.9 Å². The standard InChI is InChI=1S/C9H14F3N3O/c1-6(8(16)15(2)3)14-5-7(4-13)9(10,11)12/h6-7,14H,5H2,1-3H3. The molecule has 16 heavy (non-hydrogen) atoms. The van der Waals surface area contributed by atoms with E-state index < -0.39 is 24.7 Å². The fourth-order valence-electron chi connectivity index (χ4n) is 1.00. The van der Waals surface area contributed by atoms with Gasteiger partial charge in [0, 0.05) is 20.6 Å². The van der Waals surface area contributed by atoms with E-state index in [1.807, 2.05) is 0 Å². The summed E-state index contributed by atoms with van der Waals surface area (Å²) in [4.78, 5) is 12.6. The maximum Gasteiger partial charge on any atom is 0.405 e. The molecular formula is C9H14F3N3O. The van der Waals surface area contributed by atoms with Gasteiger partial charge in [0.05, 0.1) is 12.1 Å². The van der Waals surface area contributed by atoms with Gasteiger partial charge < -0.3 is 10.2 Å². The third-order valence-electron chi connectivity index (χ3n) is 1.99. The van der Waals surface area contributed by atoms with E-state index in [0.29, 0.717) is 0 Å². The lowest BCUT2D eigenvalue weighted by molar-refractivity contribution is -0.158. The summed E-state index contributed by atoms with van der Waals surface area (Å²) in [6, 6.07) is 0.411. The van der Waals surface area contributed by atoms with Crippen molar-refractivity contribution in [1.29, 1.82) is 5.26 Å². The van der Waals surface area contributed by atoms with Crippen LogP contribution in [-0.4, -0.2) is 43.7 Å². The van der Waals surface area contributed by atoms with Gasteiger partial charge in [0.2, 0.25) is 5.91 Å². The SMILES string of the molecule is CC(NCC(C#N)C(F)(F)F)C(=O)N(C)C. The Labute approximate surface area is 92.0 Å². The van der Waals surface area contributed by atoms with Crippen LogP contribution in [0.5, 0.6) is 0 Å². The number of rotatable bonds is 4. The van der Waals surface area contributed by atoms with Crippen LogP contribution in [-0.2, 0) is 4.79 Å². The quantitative estimate of drug-likeness (QED) is 0.785. The number of carbonyl (C=O) groups is 1. The average Bonchev–Trinajstić information content (AvgIpc) is 2.14. The molecule has 0 radical (unpaired) electrons. The van der Waals surface area contributed by atoms with Crippen molar-refractivity contribution in [2.75, 3.05) is 20.6 Å². The first kappa shape index (κ1) is 14.7. The van der Waals surface area contributed by atoms with Crippen LogP contribution < -0.4 is 5.32 Å². The van der Waals surface area contributed by atoms with Crippen molar-refractivity contribution in [2.45, 2.75) is 19.1 Å². The zero-order chi connectivity index (χ0) is 12.9. The van der Waals surface area contributed by atoms with Gasteiger partial charge in [-0.3, -0.25) is 4.79 Å². The summed E-state index contributed by atoms with van der Waals surface area (Å²) in [6.07, 6.45) is -4.57. The largest absolute Gasteiger partial charge is 0.405 e. The Bertz CT molecular complexity index is 283. The number of likely N-dealkylation sites (N-methyl/N-ethyl adjacent to an activating group) is 1. The normalized spacial score (nSPS) is 15.1. The molecule has 92 valence electrons. The molecule has 0 aromatic rings. The molecule has 0 aromatic heterocycles. The highest BCUT2D eigenvalue weighted by atomic mass is 19.4. The van der Waals surface area contributed by atoms with Gasteiger partial charge in [0.1, 0.15) is 0 Å². The van der Waals surface area contributed by atoms with Crippen LogP contribution in [0.15, 0.2) is 0 Å². The first-order valence-electron chi connectivity index (χ1n) is 4.61. The molecule has 0 spiro atoms. The summed E-state index contributed by atoms with van der Waals surface area (Å²) < 4.78 is 36.5. The Kier molecular flexibility index (Phi) is 5.24. The maximum absolute atomic E-state index is 12.2. The van der Waals surface area contributed by atoms with E-state index >= 15 is 0 Å². The molecule has 0 aliphatic heterocycles. The molecule has 4 nitrogen and oxygen atoms in total. The van der Waals surface area contributed by atoms with Gasteiger partial charge in [-0.25, -0.2) is 0 Å². The zero-order valence-electron chi connectivity index (χ0n) is 9.30. The topological polar surface area (TPSA) is 56.1 Å². The summed E-state index contributed by atoms with van der Waals surface area (Å²) in [5, 5.41) is 10.7. The minimum atomic E-state index is -4.57. The van der Waals surface area contributed by atoms with E-state index in [2.05, 4.69) is 5.32 Å².